The van der Waals surface area contributed by atoms with Crippen LogP contribution in [0.25, 0.3) is 43.4 Å². The second-order valence-electron chi connectivity index (χ2n) is 6.38. The van der Waals surface area contributed by atoms with Crippen molar-refractivity contribution in [3.8, 4) is 32.4 Å². The van der Waals surface area contributed by atoms with Gasteiger partial charge in [-0.05, 0) is 60.8 Å². The average Bonchev–Trinajstić information content (AvgIpc) is 3.39. The van der Waals surface area contributed by atoms with E-state index in [1.165, 1.54) is 17.0 Å². The van der Waals surface area contributed by atoms with E-state index in [9.17, 15) is 4.39 Å². The molecule has 0 bridgehead atoms. The van der Waals surface area contributed by atoms with Gasteiger partial charge in [0, 0.05) is 22.2 Å². The molecule has 0 fully saturated rings. The molecule has 28 heavy (non-hydrogen) atoms. The molecule has 0 unspecified atom stereocenters. The number of fused-ring (bicyclic) bond motifs is 1. The van der Waals surface area contributed by atoms with Crippen LogP contribution < -0.4 is 0 Å². The van der Waals surface area contributed by atoms with Crippen molar-refractivity contribution in [1.29, 1.82) is 0 Å². The smallest absolute Gasteiger partial charge is 0.123 e. The summed E-state index contributed by atoms with van der Waals surface area (Å²) in [6, 6.07) is 16.4. The Morgan fingerprint density at radius 2 is 1.64 bits per heavy atom. The molecule has 0 aliphatic carbocycles. The van der Waals surface area contributed by atoms with E-state index >= 15 is 0 Å². The first kappa shape index (κ1) is 17.2. The zero-order valence-electron chi connectivity index (χ0n) is 14.9. The Hall–Kier alpha value is -2.96. The van der Waals surface area contributed by atoms with Crippen LogP contribution >= 0.6 is 22.7 Å². The molecule has 3 nitrogen and oxygen atoms in total. The van der Waals surface area contributed by atoms with E-state index in [0.717, 1.165) is 43.4 Å². The zero-order chi connectivity index (χ0) is 19.1. The van der Waals surface area contributed by atoms with Gasteiger partial charge in [0.05, 0.1) is 21.6 Å². The van der Waals surface area contributed by atoms with E-state index in [1.54, 1.807) is 34.8 Å². The molecular formula is C22H14FN3S2. The minimum atomic E-state index is -0.265. The summed E-state index contributed by atoms with van der Waals surface area (Å²) in [7, 11) is 0. The summed E-state index contributed by atoms with van der Waals surface area (Å²) in [4.78, 5) is 16.5. The highest BCUT2D eigenvalue weighted by molar-refractivity contribution is 7.15. The lowest BCUT2D eigenvalue weighted by molar-refractivity contribution is 0.628. The van der Waals surface area contributed by atoms with Gasteiger partial charge in [0.1, 0.15) is 16.5 Å². The molecule has 0 saturated heterocycles. The first-order valence-electron chi connectivity index (χ1n) is 8.72. The zero-order valence-corrected chi connectivity index (χ0v) is 16.5. The van der Waals surface area contributed by atoms with Crippen LogP contribution in [0.1, 0.15) is 4.88 Å². The molecule has 0 spiro atoms. The van der Waals surface area contributed by atoms with Gasteiger partial charge in [-0.2, -0.15) is 0 Å². The van der Waals surface area contributed by atoms with E-state index in [2.05, 4.69) is 4.98 Å². The Balaban J connectivity index is 1.73. The summed E-state index contributed by atoms with van der Waals surface area (Å²) in [5.74, 6) is -0.265. The molecule has 0 aliphatic heterocycles. The molecular weight excluding hydrogens is 389 g/mol. The summed E-state index contributed by atoms with van der Waals surface area (Å²) >= 11 is 3.27. The van der Waals surface area contributed by atoms with E-state index in [0.29, 0.717) is 0 Å². The third kappa shape index (κ3) is 3.10. The lowest BCUT2D eigenvalue weighted by atomic mass is 10.1. The molecule has 2 aromatic carbocycles. The largest absolute Gasteiger partial charge is 0.244 e. The van der Waals surface area contributed by atoms with Gasteiger partial charge in [-0.15, -0.1) is 22.7 Å². The molecule has 0 radical (unpaired) electrons. The van der Waals surface area contributed by atoms with Crippen LogP contribution in [0.5, 0.6) is 0 Å². The fraction of sp³-hybridized carbons (Fsp3) is 0.0455. The molecule has 0 aliphatic rings. The molecule has 0 N–H and O–H groups in total. The Kier molecular flexibility index (Phi) is 4.22. The maximum atomic E-state index is 13.4. The maximum absolute atomic E-state index is 13.4. The lowest BCUT2D eigenvalue weighted by Gasteiger charge is -2.10. The van der Waals surface area contributed by atoms with E-state index in [4.69, 9.17) is 9.97 Å². The fourth-order valence-corrected chi connectivity index (χ4v) is 4.55. The van der Waals surface area contributed by atoms with Gasteiger partial charge in [-0.3, -0.25) is 0 Å². The van der Waals surface area contributed by atoms with Crippen LogP contribution in [0, 0.1) is 12.7 Å². The quantitative estimate of drug-likeness (QED) is 0.341. The highest BCUT2D eigenvalue weighted by Crippen LogP contribution is 2.35. The summed E-state index contributed by atoms with van der Waals surface area (Å²) < 4.78 is 13.4. The first-order valence-corrected chi connectivity index (χ1v) is 10.4. The number of rotatable bonds is 3. The number of hydrogen-bond acceptors (Lipinski definition) is 5. The Bertz CT molecular complexity index is 1280. The van der Waals surface area contributed by atoms with Gasteiger partial charge in [-0.1, -0.05) is 6.07 Å². The third-order valence-electron chi connectivity index (χ3n) is 4.40. The monoisotopic (exact) mass is 403 g/mol. The minimum Gasteiger partial charge on any atom is -0.244 e. The summed E-state index contributed by atoms with van der Waals surface area (Å²) in [5.41, 5.74) is 5.07. The Morgan fingerprint density at radius 3 is 2.36 bits per heavy atom. The summed E-state index contributed by atoms with van der Waals surface area (Å²) in [6.07, 6.45) is 1.88. The lowest BCUT2D eigenvalue weighted by Crippen LogP contribution is -1.95. The number of hydrogen-bond donors (Lipinski definition) is 0. The van der Waals surface area contributed by atoms with Crippen LogP contribution in [0.2, 0.25) is 0 Å². The van der Waals surface area contributed by atoms with Crippen molar-refractivity contribution < 1.29 is 4.39 Å². The van der Waals surface area contributed by atoms with Gasteiger partial charge in [0.2, 0.25) is 0 Å². The SMILES string of the molecule is Cc1cnc(-c2ccc3nc(-c4ccc(F)cc4)c(-c4cccs4)nc3c2)s1. The van der Waals surface area contributed by atoms with Crippen molar-refractivity contribution >= 4 is 33.7 Å². The highest BCUT2D eigenvalue weighted by Gasteiger charge is 2.15. The second-order valence-corrected chi connectivity index (χ2v) is 8.57. The van der Waals surface area contributed by atoms with Crippen LogP contribution in [-0.4, -0.2) is 15.0 Å². The normalized spacial score (nSPS) is 11.2. The van der Waals surface area contributed by atoms with Crippen LogP contribution in [-0.2, 0) is 0 Å². The predicted molar refractivity (Wildman–Crippen MR) is 114 cm³/mol. The molecule has 5 rings (SSSR count). The second kappa shape index (κ2) is 6.89. The number of nitrogens with zero attached hydrogens (tertiary/aromatic N) is 3. The summed E-state index contributed by atoms with van der Waals surface area (Å²) in [6.45, 7) is 2.05. The molecule has 6 heteroatoms. The van der Waals surface area contributed by atoms with Gasteiger partial charge in [-0.25, -0.2) is 19.3 Å². The van der Waals surface area contributed by atoms with Crippen molar-refractivity contribution in [2.75, 3.05) is 0 Å². The van der Waals surface area contributed by atoms with Crippen molar-refractivity contribution in [3.05, 3.63) is 76.9 Å². The first-order chi connectivity index (χ1) is 13.7. The predicted octanol–water partition coefficient (Wildman–Crippen LogP) is 6.60. The van der Waals surface area contributed by atoms with Gasteiger partial charge in [0.15, 0.2) is 0 Å². The van der Waals surface area contributed by atoms with Crippen molar-refractivity contribution in [3.63, 3.8) is 0 Å². The van der Waals surface area contributed by atoms with Crippen LogP contribution in [0.15, 0.2) is 66.2 Å². The molecule has 136 valence electrons. The molecule has 3 aromatic heterocycles. The number of benzene rings is 2. The number of thiazole rings is 1. The topological polar surface area (TPSA) is 38.7 Å². The van der Waals surface area contributed by atoms with Gasteiger partial charge >= 0.3 is 0 Å². The molecule has 0 saturated carbocycles. The maximum Gasteiger partial charge on any atom is 0.123 e. The number of aryl methyl sites for hydroxylation is 1. The average molecular weight is 404 g/mol. The van der Waals surface area contributed by atoms with Crippen molar-refractivity contribution in [1.82, 2.24) is 15.0 Å². The Labute approximate surface area is 169 Å². The molecule has 3 heterocycles. The fourth-order valence-electron chi connectivity index (χ4n) is 3.07. The standard InChI is InChI=1S/C22H14FN3S2/c1-13-12-24-22(28-13)15-6-9-17-18(11-15)26-21(19-3-2-10-27-19)20(25-17)14-4-7-16(23)8-5-14/h2-12H,1H3. The van der Waals surface area contributed by atoms with Crippen LogP contribution in [0.3, 0.4) is 0 Å². The Morgan fingerprint density at radius 1 is 0.857 bits per heavy atom. The van der Waals surface area contributed by atoms with Crippen LogP contribution in [0.4, 0.5) is 4.39 Å². The molecule has 5 aromatic rings. The summed E-state index contributed by atoms with van der Waals surface area (Å²) in [5, 5.41) is 2.99. The van der Waals surface area contributed by atoms with Crippen molar-refractivity contribution in [2.45, 2.75) is 6.92 Å². The third-order valence-corrected chi connectivity index (χ3v) is 6.24. The van der Waals surface area contributed by atoms with Gasteiger partial charge < -0.3 is 0 Å². The molecule has 0 atom stereocenters. The van der Waals surface area contributed by atoms with Crippen molar-refractivity contribution in [2.24, 2.45) is 0 Å². The molecule has 0 amide bonds. The van der Waals surface area contributed by atoms with Gasteiger partial charge in [0.25, 0.3) is 0 Å². The van der Waals surface area contributed by atoms with E-state index in [-0.39, 0.29) is 5.82 Å². The highest BCUT2D eigenvalue weighted by atomic mass is 32.1. The van der Waals surface area contributed by atoms with E-state index < -0.39 is 0 Å². The number of halogens is 1. The minimum absolute atomic E-state index is 0.265. The number of aromatic nitrogens is 3. The number of thiophene rings is 1. The van der Waals surface area contributed by atoms with E-state index in [1.807, 2.05) is 48.8 Å².